The van der Waals surface area contributed by atoms with Gasteiger partial charge in [-0.3, -0.25) is 0 Å². The largest absolute Gasteiger partial charge is 0.320 e. The normalized spacial score (nSPS) is 11.0. The first kappa shape index (κ1) is 15.2. The van der Waals surface area contributed by atoms with E-state index >= 15 is 0 Å². The van der Waals surface area contributed by atoms with Gasteiger partial charge in [0.25, 0.3) is 0 Å². The van der Waals surface area contributed by atoms with Crippen LogP contribution in [-0.2, 0) is 19.8 Å². The van der Waals surface area contributed by atoms with E-state index in [1.807, 2.05) is 41.7 Å². The second-order valence-electron chi connectivity index (χ2n) is 4.83. The maximum atomic E-state index is 4.39. The van der Waals surface area contributed by atoms with Gasteiger partial charge in [0.15, 0.2) is 16.1 Å². The van der Waals surface area contributed by atoms with Gasteiger partial charge in [-0.15, -0.1) is 10.2 Å². The maximum Gasteiger partial charge on any atom is 0.191 e. The minimum Gasteiger partial charge on any atom is -0.320 e. The van der Waals surface area contributed by atoms with Gasteiger partial charge in [-0.05, 0) is 11.8 Å². The second kappa shape index (κ2) is 6.58. The Bertz CT molecular complexity index is 764. The van der Waals surface area contributed by atoms with Crippen LogP contribution in [0.25, 0.3) is 11.5 Å². The van der Waals surface area contributed by atoms with E-state index in [1.165, 1.54) is 5.56 Å². The van der Waals surface area contributed by atoms with Crippen molar-refractivity contribution < 1.29 is 0 Å². The minimum atomic E-state index is 0.839. The van der Waals surface area contributed by atoms with E-state index in [0.29, 0.717) is 0 Å². The number of hydrogen-bond donors (Lipinski definition) is 0. The average molecular weight is 331 g/mol. The number of nitrogens with zero attached hydrogens (tertiary/aromatic N) is 5. The molecule has 114 valence electrons. The summed E-state index contributed by atoms with van der Waals surface area (Å²) in [7, 11) is 3.99. The lowest BCUT2D eigenvalue weighted by Gasteiger charge is -2.05. The maximum absolute atomic E-state index is 4.39. The summed E-state index contributed by atoms with van der Waals surface area (Å²) in [5.74, 6) is 1.72. The molecule has 22 heavy (non-hydrogen) atoms. The van der Waals surface area contributed by atoms with E-state index in [-0.39, 0.29) is 0 Å². The van der Waals surface area contributed by atoms with Gasteiger partial charge in [0.1, 0.15) is 5.69 Å². The van der Waals surface area contributed by atoms with Gasteiger partial charge in [0, 0.05) is 19.8 Å². The summed E-state index contributed by atoms with van der Waals surface area (Å²) in [6.45, 7) is 0. The van der Waals surface area contributed by atoms with Gasteiger partial charge in [0.05, 0.1) is 6.20 Å². The highest BCUT2D eigenvalue weighted by Gasteiger charge is 2.16. The van der Waals surface area contributed by atoms with Crippen LogP contribution in [0.5, 0.6) is 0 Å². The van der Waals surface area contributed by atoms with E-state index in [9.17, 15) is 0 Å². The first-order chi connectivity index (χ1) is 10.7. The monoisotopic (exact) mass is 331 g/mol. The molecule has 0 radical (unpaired) electrons. The predicted octanol–water partition coefficient (Wildman–Crippen LogP) is 3.23. The summed E-state index contributed by atoms with van der Waals surface area (Å²) in [5, 5.41) is 10.5. The molecule has 0 amide bonds. The SMILES string of the molecule is CSc1ncc(-c2nnc(SCc3ccccc3)n2C)n1C. The molecule has 1 aromatic carbocycles. The van der Waals surface area contributed by atoms with Crippen molar-refractivity contribution in [1.29, 1.82) is 0 Å². The number of hydrogen-bond acceptors (Lipinski definition) is 5. The number of imidazole rings is 1. The number of thioether (sulfide) groups is 2. The zero-order valence-corrected chi connectivity index (χ0v) is 14.4. The van der Waals surface area contributed by atoms with Gasteiger partial charge in [-0.25, -0.2) is 4.98 Å². The number of benzene rings is 1. The van der Waals surface area contributed by atoms with Crippen LogP contribution >= 0.6 is 23.5 Å². The summed E-state index contributed by atoms with van der Waals surface area (Å²) < 4.78 is 4.06. The Morgan fingerprint density at radius 3 is 2.45 bits per heavy atom. The molecule has 0 saturated heterocycles. The van der Waals surface area contributed by atoms with Crippen LogP contribution in [0.1, 0.15) is 5.56 Å². The first-order valence-corrected chi connectivity index (χ1v) is 9.04. The Hall–Kier alpha value is -1.73. The second-order valence-corrected chi connectivity index (χ2v) is 6.54. The molecule has 0 aliphatic heterocycles. The standard InChI is InChI=1S/C15H17N5S2/c1-19-12(9-16-14(19)21-3)13-17-18-15(20(13)2)22-10-11-7-5-4-6-8-11/h4-9H,10H2,1-3H3. The molecule has 0 N–H and O–H groups in total. The van der Waals surface area contributed by atoms with Crippen molar-refractivity contribution in [3.05, 3.63) is 42.1 Å². The molecule has 7 heteroatoms. The Morgan fingerprint density at radius 1 is 1.00 bits per heavy atom. The first-order valence-electron chi connectivity index (χ1n) is 6.83. The molecule has 0 unspecified atom stereocenters. The van der Waals surface area contributed by atoms with E-state index in [1.54, 1.807) is 23.5 Å². The molecule has 3 rings (SSSR count). The molecular formula is C15H17N5S2. The van der Waals surface area contributed by atoms with Gasteiger partial charge in [0.2, 0.25) is 0 Å². The fourth-order valence-electron chi connectivity index (χ4n) is 2.18. The van der Waals surface area contributed by atoms with E-state index in [4.69, 9.17) is 0 Å². The Labute approximate surface area is 138 Å². The molecule has 0 fully saturated rings. The van der Waals surface area contributed by atoms with E-state index in [0.717, 1.165) is 27.6 Å². The van der Waals surface area contributed by atoms with Crippen LogP contribution in [0, 0.1) is 0 Å². The highest BCUT2D eigenvalue weighted by Crippen LogP contribution is 2.26. The van der Waals surface area contributed by atoms with Crippen molar-refractivity contribution in [2.24, 2.45) is 14.1 Å². The predicted molar refractivity (Wildman–Crippen MR) is 91.0 cm³/mol. The van der Waals surface area contributed by atoms with Crippen molar-refractivity contribution in [2.75, 3.05) is 6.26 Å². The van der Waals surface area contributed by atoms with E-state index < -0.39 is 0 Å². The zero-order valence-electron chi connectivity index (χ0n) is 12.7. The molecule has 2 heterocycles. The van der Waals surface area contributed by atoms with Crippen LogP contribution in [0.4, 0.5) is 0 Å². The van der Waals surface area contributed by atoms with Crippen LogP contribution in [0.15, 0.2) is 46.8 Å². The van der Waals surface area contributed by atoms with Crippen LogP contribution < -0.4 is 0 Å². The highest BCUT2D eigenvalue weighted by molar-refractivity contribution is 7.98. The summed E-state index contributed by atoms with van der Waals surface area (Å²) in [5.41, 5.74) is 2.26. The molecule has 0 spiro atoms. The molecular weight excluding hydrogens is 314 g/mol. The Kier molecular flexibility index (Phi) is 4.54. The Morgan fingerprint density at radius 2 is 1.77 bits per heavy atom. The molecule has 2 aromatic heterocycles. The molecule has 0 aliphatic carbocycles. The summed E-state index contributed by atoms with van der Waals surface area (Å²) in [6, 6.07) is 10.4. The molecule has 0 aliphatic rings. The van der Waals surface area contributed by atoms with Gasteiger partial charge >= 0.3 is 0 Å². The van der Waals surface area contributed by atoms with Gasteiger partial charge in [-0.1, -0.05) is 53.9 Å². The lowest BCUT2D eigenvalue weighted by atomic mass is 10.2. The summed E-state index contributed by atoms with van der Waals surface area (Å²) in [4.78, 5) is 4.39. The molecule has 0 saturated carbocycles. The third-order valence-corrected chi connectivity index (χ3v) is 5.24. The third-order valence-electron chi connectivity index (χ3n) is 3.40. The summed E-state index contributed by atoms with van der Waals surface area (Å²) >= 11 is 3.31. The molecule has 5 nitrogen and oxygen atoms in total. The van der Waals surface area contributed by atoms with Crippen molar-refractivity contribution in [1.82, 2.24) is 24.3 Å². The molecule has 0 atom stereocenters. The topological polar surface area (TPSA) is 48.5 Å². The average Bonchev–Trinajstić information content (AvgIpc) is 3.09. The lowest BCUT2D eigenvalue weighted by Crippen LogP contribution is -2.00. The quantitative estimate of drug-likeness (QED) is 0.672. The molecule has 0 bridgehead atoms. The van der Waals surface area contributed by atoms with Crippen LogP contribution in [-0.4, -0.2) is 30.6 Å². The Balaban J connectivity index is 1.81. The van der Waals surface area contributed by atoms with Crippen molar-refractivity contribution in [3.8, 4) is 11.5 Å². The van der Waals surface area contributed by atoms with Crippen LogP contribution in [0.2, 0.25) is 0 Å². The fourth-order valence-corrected chi connectivity index (χ4v) is 3.57. The molecule has 3 aromatic rings. The number of aromatic nitrogens is 5. The van der Waals surface area contributed by atoms with Crippen molar-refractivity contribution >= 4 is 23.5 Å². The van der Waals surface area contributed by atoms with Crippen LogP contribution in [0.3, 0.4) is 0 Å². The highest BCUT2D eigenvalue weighted by atomic mass is 32.2. The number of rotatable bonds is 5. The lowest BCUT2D eigenvalue weighted by molar-refractivity contribution is 0.765. The minimum absolute atomic E-state index is 0.839. The van der Waals surface area contributed by atoms with E-state index in [2.05, 4.69) is 39.4 Å². The van der Waals surface area contributed by atoms with Crippen molar-refractivity contribution in [2.45, 2.75) is 16.1 Å². The van der Waals surface area contributed by atoms with Gasteiger partial charge in [-0.2, -0.15) is 0 Å². The summed E-state index contributed by atoms with van der Waals surface area (Å²) in [6.07, 6.45) is 3.87. The third kappa shape index (κ3) is 2.91. The zero-order chi connectivity index (χ0) is 15.5. The van der Waals surface area contributed by atoms with Gasteiger partial charge < -0.3 is 9.13 Å². The smallest absolute Gasteiger partial charge is 0.191 e. The fraction of sp³-hybridized carbons (Fsp3) is 0.267. The van der Waals surface area contributed by atoms with Crippen molar-refractivity contribution in [3.63, 3.8) is 0 Å².